The fraction of sp³-hybridized carbons (Fsp3) is 0.400. The molecular formula is C15H17NO2. The maximum absolute atomic E-state index is 12.4. The number of nitrogens with two attached hydrogens (primary N) is 1. The minimum absolute atomic E-state index is 0.0364. The number of Topliss-reactive ketones (excluding diaryl/α,β-unsaturated/α-hetero) is 1. The van der Waals surface area contributed by atoms with E-state index in [0.29, 0.717) is 5.76 Å². The maximum atomic E-state index is 12.4. The van der Waals surface area contributed by atoms with Gasteiger partial charge in [-0.1, -0.05) is 24.6 Å². The first-order valence-electron chi connectivity index (χ1n) is 6.52. The Morgan fingerprint density at radius 1 is 1.28 bits per heavy atom. The SMILES string of the molecule is NC1CCCC(C(=O)c2cc3ccccc3o2)C1. The van der Waals surface area contributed by atoms with Gasteiger partial charge in [0.05, 0.1) is 0 Å². The zero-order valence-electron chi connectivity index (χ0n) is 10.3. The largest absolute Gasteiger partial charge is 0.453 e. The van der Waals surface area contributed by atoms with E-state index in [1.54, 1.807) is 0 Å². The van der Waals surface area contributed by atoms with Crippen LogP contribution in [0.4, 0.5) is 0 Å². The molecule has 0 saturated heterocycles. The molecule has 0 spiro atoms. The molecule has 94 valence electrons. The monoisotopic (exact) mass is 243 g/mol. The molecule has 3 heteroatoms. The normalized spacial score (nSPS) is 24.3. The van der Waals surface area contributed by atoms with Gasteiger partial charge in [-0.3, -0.25) is 4.79 Å². The van der Waals surface area contributed by atoms with E-state index in [4.69, 9.17) is 10.2 Å². The Bertz CT molecular complexity index is 540. The van der Waals surface area contributed by atoms with E-state index < -0.39 is 0 Å². The third-order valence-electron chi connectivity index (χ3n) is 3.75. The van der Waals surface area contributed by atoms with Crippen LogP contribution in [-0.4, -0.2) is 11.8 Å². The number of furan rings is 1. The highest BCUT2D eigenvalue weighted by molar-refractivity contribution is 5.99. The number of benzene rings is 1. The summed E-state index contributed by atoms with van der Waals surface area (Å²) in [6.45, 7) is 0. The van der Waals surface area contributed by atoms with Crippen molar-refractivity contribution in [1.29, 1.82) is 0 Å². The van der Waals surface area contributed by atoms with Crippen molar-refractivity contribution in [3.8, 4) is 0 Å². The molecule has 2 N–H and O–H groups in total. The smallest absolute Gasteiger partial charge is 0.201 e. The molecule has 1 aromatic heterocycles. The van der Waals surface area contributed by atoms with Crippen LogP contribution in [0.1, 0.15) is 36.2 Å². The summed E-state index contributed by atoms with van der Waals surface area (Å²) in [5, 5.41) is 0.987. The molecule has 1 aromatic carbocycles. The van der Waals surface area contributed by atoms with Gasteiger partial charge in [0.2, 0.25) is 5.78 Å². The third kappa shape index (κ3) is 2.06. The minimum Gasteiger partial charge on any atom is -0.453 e. The van der Waals surface area contributed by atoms with Gasteiger partial charge in [0.15, 0.2) is 5.76 Å². The highest BCUT2D eigenvalue weighted by Crippen LogP contribution is 2.28. The molecule has 18 heavy (non-hydrogen) atoms. The van der Waals surface area contributed by atoms with Crippen molar-refractivity contribution in [1.82, 2.24) is 0 Å². The fourth-order valence-corrected chi connectivity index (χ4v) is 2.77. The second kappa shape index (κ2) is 4.58. The fourth-order valence-electron chi connectivity index (χ4n) is 2.77. The van der Waals surface area contributed by atoms with Crippen molar-refractivity contribution in [3.05, 3.63) is 36.1 Å². The van der Waals surface area contributed by atoms with Gasteiger partial charge in [-0.05, 0) is 31.4 Å². The summed E-state index contributed by atoms with van der Waals surface area (Å²) < 4.78 is 5.63. The molecule has 0 bridgehead atoms. The van der Waals surface area contributed by atoms with E-state index in [0.717, 1.165) is 36.7 Å². The summed E-state index contributed by atoms with van der Waals surface area (Å²) in [6, 6.07) is 9.72. The number of hydrogen-bond donors (Lipinski definition) is 1. The van der Waals surface area contributed by atoms with E-state index >= 15 is 0 Å². The summed E-state index contributed by atoms with van der Waals surface area (Å²) in [6.07, 6.45) is 3.79. The Labute approximate surface area is 106 Å². The Hall–Kier alpha value is -1.61. The lowest BCUT2D eigenvalue weighted by atomic mass is 9.83. The van der Waals surface area contributed by atoms with E-state index in [9.17, 15) is 4.79 Å². The molecule has 0 amide bonds. The van der Waals surface area contributed by atoms with Crippen LogP contribution in [-0.2, 0) is 0 Å². The zero-order chi connectivity index (χ0) is 12.5. The van der Waals surface area contributed by atoms with Gasteiger partial charge < -0.3 is 10.2 Å². The lowest BCUT2D eigenvalue weighted by Gasteiger charge is -2.24. The van der Waals surface area contributed by atoms with Crippen molar-refractivity contribution in [3.63, 3.8) is 0 Å². The third-order valence-corrected chi connectivity index (χ3v) is 3.75. The number of ketones is 1. The second-order valence-electron chi connectivity index (χ2n) is 5.14. The average Bonchev–Trinajstić information content (AvgIpc) is 2.81. The van der Waals surface area contributed by atoms with Crippen LogP contribution in [0, 0.1) is 5.92 Å². The zero-order valence-corrected chi connectivity index (χ0v) is 10.3. The topological polar surface area (TPSA) is 56.2 Å². The van der Waals surface area contributed by atoms with E-state index in [1.807, 2.05) is 30.3 Å². The van der Waals surface area contributed by atoms with E-state index in [2.05, 4.69) is 0 Å². The molecule has 2 aromatic rings. The Kier molecular flexibility index (Phi) is 2.92. The molecule has 0 radical (unpaired) electrons. The van der Waals surface area contributed by atoms with Gasteiger partial charge in [0, 0.05) is 17.3 Å². The second-order valence-corrected chi connectivity index (χ2v) is 5.14. The van der Waals surface area contributed by atoms with Gasteiger partial charge >= 0.3 is 0 Å². The molecule has 2 unspecified atom stereocenters. The first kappa shape index (κ1) is 11.5. The molecule has 1 fully saturated rings. The van der Waals surface area contributed by atoms with Crippen molar-refractivity contribution >= 4 is 16.8 Å². The van der Waals surface area contributed by atoms with Crippen molar-refractivity contribution in [2.75, 3.05) is 0 Å². The lowest BCUT2D eigenvalue weighted by molar-refractivity contribution is 0.0855. The van der Waals surface area contributed by atoms with E-state index in [1.165, 1.54) is 0 Å². The molecule has 1 heterocycles. The summed E-state index contributed by atoms with van der Waals surface area (Å²) in [7, 11) is 0. The maximum Gasteiger partial charge on any atom is 0.201 e. The van der Waals surface area contributed by atoms with Gasteiger partial charge in [-0.15, -0.1) is 0 Å². The molecule has 1 saturated carbocycles. The predicted molar refractivity (Wildman–Crippen MR) is 70.5 cm³/mol. The average molecular weight is 243 g/mol. The first-order valence-corrected chi connectivity index (χ1v) is 6.52. The summed E-state index contributed by atoms with van der Waals surface area (Å²) >= 11 is 0. The highest BCUT2D eigenvalue weighted by Gasteiger charge is 2.28. The summed E-state index contributed by atoms with van der Waals surface area (Å²) in [5.41, 5.74) is 6.71. The number of carbonyl (C=O) groups excluding carboxylic acids is 1. The van der Waals surface area contributed by atoms with Crippen LogP contribution >= 0.6 is 0 Å². The van der Waals surface area contributed by atoms with E-state index in [-0.39, 0.29) is 17.7 Å². The summed E-state index contributed by atoms with van der Waals surface area (Å²) in [5.74, 6) is 0.631. The quantitative estimate of drug-likeness (QED) is 0.824. The Morgan fingerprint density at radius 2 is 2.11 bits per heavy atom. The van der Waals surface area contributed by atoms with Crippen LogP contribution in [0.5, 0.6) is 0 Å². The van der Waals surface area contributed by atoms with Gasteiger partial charge in [-0.25, -0.2) is 0 Å². The van der Waals surface area contributed by atoms with Gasteiger partial charge in [0.1, 0.15) is 5.58 Å². The molecule has 3 nitrogen and oxygen atoms in total. The Morgan fingerprint density at radius 3 is 2.89 bits per heavy atom. The summed E-state index contributed by atoms with van der Waals surface area (Å²) in [4.78, 5) is 12.4. The van der Waals surface area contributed by atoms with Crippen LogP contribution < -0.4 is 5.73 Å². The van der Waals surface area contributed by atoms with Crippen molar-refractivity contribution in [2.45, 2.75) is 31.7 Å². The predicted octanol–water partition coefficient (Wildman–Crippen LogP) is 3.13. The molecular weight excluding hydrogens is 226 g/mol. The molecule has 1 aliphatic carbocycles. The minimum atomic E-state index is 0.0364. The lowest BCUT2D eigenvalue weighted by Crippen LogP contribution is -2.31. The van der Waals surface area contributed by atoms with Crippen LogP contribution in [0.3, 0.4) is 0 Å². The van der Waals surface area contributed by atoms with Crippen LogP contribution in [0.15, 0.2) is 34.7 Å². The standard InChI is InChI=1S/C15H17NO2/c16-12-6-3-5-11(8-12)15(17)14-9-10-4-1-2-7-13(10)18-14/h1-2,4,7,9,11-12H,3,5-6,8,16H2. The van der Waals surface area contributed by atoms with Crippen LogP contribution in [0.25, 0.3) is 11.0 Å². The molecule has 0 aliphatic heterocycles. The van der Waals surface area contributed by atoms with Crippen LogP contribution in [0.2, 0.25) is 0 Å². The number of hydrogen-bond acceptors (Lipinski definition) is 3. The first-order chi connectivity index (χ1) is 8.74. The highest BCUT2D eigenvalue weighted by atomic mass is 16.3. The molecule has 3 rings (SSSR count). The number of rotatable bonds is 2. The van der Waals surface area contributed by atoms with Gasteiger partial charge in [0.25, 0.3) is 0 Å². The number of carbonyl (C=O) groups is 1. The Balaban J connectivity index is 1.87. The molecule has 2 atom stereocenters. The van der Waals surface area contributed by atoms with Crippen molar-refractivity contribution in [2.24, 2.45) is 11.7 Å². The van der Waals surface area contributed by atoms with Gasteiger partial charge in [-0.2, -0.15) is 0 Å². The number of para-hydroxylation sites is 1. The molecule has 1 aliphatic rings. The number of fused-ring (bicyclic) bond motifs is 1. The van der Waals surface area contributed by atoms with Crippen molar-refractivity contribution < 1.29 is 9.21 Å².